The van der Waals surface area contributed by atoms with E-state index in [9.17, 15) is 0 Å². The molecule has 1 aromatic rings. The van der Waals surface area contributed by atoms with Gasteiger partial charge in [0.05, 0.1) is 0 Å². The van der Waals surface area contributed by atoms with E-state index in [0.29, 0.717) is 0 Å². The van der Waals surface area contributed by atoms with E-state index in [-0.39, 0.29) is 0 Å². The molecule has 0 aliphatic carbocycles. The van der Waals surface area contributed by atoms with Crippen LogP contribution in [-0.4, -0.2) is 11.3 Å². The van der Waals surface area contributed by atoms with Crippen LogP contribution in [0.5, 0.6) is 0 Å². The predicted molar refractivity (Wildman–Crippen MR) is 54.5 cm³/mol. The van der Waals surface area contributed by atoms with E-state index in [4.69, 9.17) is 5.11 Å². The molecule has 0 aromatic heterocycles. The average molecular weight is 263 g/mol. The third-order valence-corrected chi connectivity index (χ3v) is 1.94. The quantitative estimate of drug-likeness (QED) is 0.632. The average Bonchev–Trinajstić information content (AvgIpc) is 1.93. The van der Waals surface area contributed by atoms with Gasteiger partial charge in [-0.3, -0.25) is 0 Å². The molecule has 0 spiro atoms. The number of aliphatic hydroxyl groups excluding tert-OH is 1. The standard InChI is InChI=1S/C8H10INO/c1-6(11)10-8-4-2-7(9)3-5-8/h2-6,10-11H,1H3. The molecule has 1 unspecified atom stereocenters. The summed E-state index contributed by atoms with van der Waals surface area (Å²) in [6, 6.07) is 7.86. The summed E-state index contributed by atoms with van der Waals surface area (Å²) in [5.74, 6) is 0. The molecule has 1 aromatic carbocycles. The molecule has 0 amide bonds. The van der Waals surface area contributed by atoms with Gasteiger partial charge in [-0.2, -0.15) is 0 Å². The van der Waals surface area contributed by atoms with Crippen molar-refractivity contribution >= 4 is 28.3 Å². The van der Waals surface area contributed by atoms with Crippen molar-refractivity contribution in [2.45, 2.75) is 13.2 Å². The first-order valence-corrected chi connectivity index (χ1v) is 4.46. The first-order valence-electron chi connectivity index (χ1n) is 3.38. The van der Waals surface area contributed by atoms with Crippen molar-refractivity contribution in [2.75, 3.05) is 5.32 Å². The normalized spacial score (nSPS) is 12.6. The maximum absolute atomic E-state index is 8.96. The van der Waals surface area contributed by atoms with Gasteiger partial charge in [-0.15, -0.1) is 0 Å². The van der Waals surface area contributed by atoms with E-state index in [2.05, 4.69) is 27.9 Å². The molecule has 3 heteroatoms. The summed E-state index contributed by atoms with van der Waals surface area (Å²) in [4.78, 5) is 0. The lowest BCUT2D eigenvalue weighted by Crippen LogP contribution is -2.12. The third-order valence-electron chi connectivity index (χ3n) is 1.22. The van der Waals surface area contributed by atoms with E-state index in [1.807, 2.05) is 24.3 Å². The topological polar surface area (TPSA) is 32.3 Å². The lowest BCUT2D eigenvalue weighted by Gasteiger charge is -2.07. The Bertz CT molecular complexity index is 220. The maximum atomic E-state index is 8.96. The second-order valence-electron chi connectivity index (χ2n) is 2.33. The molecular weight excluding hydrogens is 253 g/mol. The molecule has 0 aliphatic heterocycles. The van der Waals surface area contributed by atoms with Crippen LogP contribution in [0.3, 0.4) is 0 Å². The molecule has 0 radical (unpaired) electrons. The van der Waals surface area contributed by atoms with Crippen LogP contribution >= 0.6 is 22.6 Å². The predicted octanol–water partition coefficient (Wildman–Crippen LogP) is 2.04. The van der Waals surface area contributed by atoms with Gasteiger partial charge in [0.15, 0.2) is 0 Å². The van der Waals surface area contributed by atoms with Gasteiger partial charge >= 0.3 is 0 Å². The van der Waals surface area contributed by atoms with E-state index in [1.165, 1.54) is 3.57 Å². The summed E-state index contributed by atoms with van der Waals surface area (Å²) in [5, 5.41) is 11.8. The highest BCUT2D eigenvalue weighted by Gasteiger charge is 1.94. The molecule has 0 heterocycles. The Kier molecular flexibility index (Phi) is 3.14. The summed E-state index contributed by atoms with van der Waals surface area (Å²) in [6.07, 6.45) is -0.491. The van der Waals surface area contributed by atoms with Gasteiger partial charge in [0, 0.05) is 9.26 Å². The van der Waals surface area contributed by atoms with E-state index in [0.717, 1.165) is 5.69 Å². The maximum Gasteiger partial charge on any atom is 0.121 e. The SMILES string of the molecule is CC(O)Nc1ccc(I)cc1. The van der Waals surface area contributed by atoms with Crippen molar-refractivity contribution in [2.24, 2.45) is 0 Å². The molecule has 2 nitrogen and oxygen atoms in total. The fourth-order valence-corrected chi connectivity index (χ4v) is 1.15. The van der Waals surface area contributed by atoms with Gasteiger partial charge in [0.25, 0.3) is 0 Å². The summed E-state index contributed by atoms with van der Waals surface area (Å²) >= 11 is 2.24. The molecule has 0 fully saturated rings. The lowest BCUT2D eigenvalue weighted by atomic mass is 10.3. The van der Waals surface area contributed by atoms with Crippen molar-refractivity contribution in [3.63, 3.8) is 0 Å². The van der Waals surface area contributed by atoms with Gasteiger partial charge in [-0.1, -0.05) is 0 Å². The highest BCUT2D eigenvalue weighted by Crippen LogP contribution is 2.11. The van der Waals surface area contributed by atoms with Gasteiger partial charge in [-0.05, 0) is 53.8 Å². The minimum atomic E-state index is -0.491. The second kappa shape index (κ2) is 3.92. The van der Waals surface area contributed by atoms with Crippen LogP contribution in [0, 0.1) is 3.57 Å². The van der Waals surface area contributed by atoms with Crippen LogP contribution in [0.2, 0.25) is 0 Å². The fraction of sp³-hybridized carbons (Fsp3) is 0.250. The van der Waals surface area contributed by atoms with Crippen molar-refractivity contribution in [1.29, 1.82) is 0 Å². The molecule has 1 atom stereocenters. The van der Waals surface area contributed by atoms with Crippen LogP contribution in [0.4, 0.5) is 5.69 Å². The minimum Gasteiger partial charge on any atom is -0.374 e. The molecular formula is C8H10INO. The van der Waals surface area contributed by atoms with E-state index in [1.54, 1.807) is 6.92 Å². The number of benzene rings is 1. The van der Waals surface area contributed by atoms with Crippen LogP contribution < -0.4 is 5.32 Å². The van der Waals surface area contributed by atoms with Crippen molar-refractivity contribution in [3.8, 4) is 0 Å². The van der Waals surface area contributed by atoms with Gasteiger partial charge in [0.2, 0.25) is 0 Å². The first-order chi connectivity index (χ1) is 5.18. The van der Waals surface area contributed by atoms with Crippen molar-refractivity contribution < 1.29 is 5.11 Å². The summed E-state index contributed by atoms with van der Waals surface area (Å²) < 4.78 is 1.19. The van der Waals surface area contributed by atoms with Gasteiger partial charge in [-0.25, -0.2) is 0 Å². The van der Waals surface area contributed by atoms with Gasteiger partial charge in [0.1, 0.15) is 6.23 Å². The van der Waals surface area contributed by atoms with Crippen LogP contribution in [0.25, 0.3) is 0 Å². The number of anilines is 1. The summed E-state index contributed by atoms with van der Waals surface area (Å²) in [7, 11) is 0. The summed E-state index contributed by atoms with van der Waals surface area (Å²) in [5.41, 5.74) is 0.945. The molecule has 2 N–H and O–H groups in total. The second-order valence-corrected chi connectivity index (χ2v) is 3.57. The fourth-order valence-electron chi connectivity index (χ4n) is 0.787. The zero-order valence-corrected chi connectivity index (χ0v) is 8.37. The molecule has 0 saturated heterocycles. The number of halogens is 1. The zero-order chi connectivity index (χ0) is 8.27. The number of hydrogen-bond donors (Lipinski definition) is 2. The smallest absolute Gasteiger partial charge is 0.121 e. The van der Waals surface area contributed by atoms with Crippen LogP contribution in [0.15, 0.2) is 24.3 Å². The van der Waals surface area contributed by atoms with E-state index >= 15 is 0 Å². The number of nitrogens with one attached hydrogen (secondary N) is 1. The highest BCUT2D eigenvalue weighted by atomic mass is 127. The highest BCUT2D eigenvalue weighted by molar-refractivity contribution is 14.1. The Morgan fingerprint density at radius 3 is 2.36 bits per heavy atom. The monoisotopic (exact) mass is 263 g/mol. The van der Waals surface area contributed by atoms with E-state index < -0.39 is 6.23 Å². The largest absolute Gasteiger partial charge is 0.374 e. The van der Waals surface area contributed by atoms with Gasteiger partial charge < -0.3 is 10.4 Å². The summed E-state index contributed by atoms with van der Waals surface area (Å²) in [6.45, 7) is 1.69. The first kappa shape index (κ1) is 8.80. The minimum absolute atomic E-state index is 0.491. The zero-order valence-electron chi connectivity index (χ0n) is 6.21. The van der Waals surface area contributed by atoms with Crippen molar-refractivity contribution in [1.82, 2.24) is 0 Å². The molecule has 60 valence electrons. The number of aliphatic hydroxyl groups is 1. The Balaban J connectivity index is 2.66. The Morgan fingerprint density at radius 1 is 1.36 bits per heavy atom. The Hall–Kier alpha value is -0.290. The Labute approximate surface area is 79.8 Å². The molecule has 11 heavy (non-hydrogen) atoms. The molecule has 0 saturated carbocycles. The lowest BCUT2D eigenvalue weighted by molar-refractivity contribution is 0.224. The van der Waals surface area contributed by atoms with Crippen LogP contribution in [0.1, 0.15) is 6.92 Å². The molecule has 1 rings (SSSR count). The number of hydrogen-bond acceptors (Lipinski definition) is 2. The van der Waals surface area contributed by atoms with Crippen LogP contribution in [-0.2, 0) is 0 Å². The number of rotatable bonds is 2. The molecule has 0 aliphatic rings. The van der Waals surface area contributed by atoms with Crippen molar-refractivity contribution in [3.05, 3.63) is 27.8 Å². The molecule has 0 bridgehead atoms. The Morgan fingerprint density at radius 2 is 1.91 bits per heavy atom. The third kappa shape index (κ3) is 3.07.